The van der Waals surface area contributed by atoms with Gasteiger partial charge in [-0.05, 0) is 51.8 Å². The van der Waals surface area contributed by atoms with Crippen LogP contribution in [0.2, 0.25) is 5.02 Å². The molecule has 2 rings (SSSR count). The minimum absolute atomic E-state index is 0.117. The third kappa shape index (κ3) is 1.90. The molecule has 0 radical (unpaired) electrons. The van der Waals surface area contributed by atoms with Crippen molar-refractivity contribution in [2.75, 3.05) is 0 Å². The molecule has 16 heavy (non-hydrogen) atoms. The Balaban J connectivity index is 2.79. The molecular weight excluding hydrogens is 293 g/mol. The van der Waals surface area contributed by atoms with Crippen molar-refractivity contribution in [2.24, 2.45) is 0 Å². The molecule has 0 N–H and O–H groups in total. The Morgan fingerprint density at radius 2 is 1.88 bits per heavy atom. The first-order valence-electron chi connectivity index (χ1n) is 4.53. The first kappa shape index (κ1) is 11.4. The molecular formula is C11H7BrClNO2. The number of fused-ring (bicyclic) bond motifs is 1. The van der Waals surface area contributed by atoms with Gasteiger partial charge in [-0.2, -0.15) is 0 Å². The van der Waals surface area contributed by atoms with Gasteiger partial charge >= 0.3 is 0 Å². The molecule has 0 aliphatic heterocycles. The van der Waals surface area contributed by atoms with Crippen molar-refractivity contribution in [3.8, 4) is 0 Å². The largest absolute Gasteiger partial charge is 0.272 e. The van der Waals surface area contributed by atoms with Crippen molar-refractivity contribution in [2.45, 2.75) is 6.92 Å². The fraction of sp³-hybridized carbons (Fsp3) is 0.0909. The zero-order valence-corrected chi connectivity index (χ0v) is 10.7. The lowest BCUT2D eigenvalue weighted by molar-refractivity contribution is -0.385. The molecule has 0 aliphatic rings. The van der Waals surface area contributed by atoms with Crippen LogP contribution in [0.15, 0.2) is 28.7 Å². The molecule has 0 fully saturated rings. The van der Waals surface area contributed by atoms with Gasteiger partial charge < -0.3 is 0 Å². The highest BCUT2D eigenvalue weighted by atomic mass is 79.9. The van der Waals surface area contributed by atoms with Gasteiger partial charge in [0.05, 0.1) is 9.95 Å². The minimum Gasteiger partial charge on any atom is -0.258 e. The quantitative estimate of drug-likeness (QED) is 0.576. The molecule has 2 aromatic rings. The Hall–Kier alpha value is -1.13. The second-order valence-electron chi connectivity index (χ2n) is 3.51. The molecule has 0 heterocycles. The van der Waals surface area contributed by atoms with Crippen molar-refractivity contribution in [3.63, 3.8) is 0 Å². The lowest BCUT2D eigenvalue weighted by atomic mass is 10.1. The molecule has 0 saturated heterocycles. The zero-order valence-electron chi connectivity index (χ0n) is 8.33. The topological polar surface area (TPSA) is 43.1 Å². The number of nitro benzene ring substituents is 1. The molecule has 82 valence electrons. The van der Waals surface area contributed by atoms with Crippen molar-refractivity contribution in [3.05, 3.63) is 49.4 Å². The van der Waals surface area contributed by atoms with E-state index in [2.05, 4.69) is 15.9 Å². The number of hydrogen-bond donors (Lipinski definition) is 0. The van der Waals surface area contributed by atoms with E-state index < -0.39 is 0 Å². The molecule has 0 amide bonds. The van der Waals surface area contributed by atoms with Gasteiger partial charge in [-0.15, -0.1) is 0 Å². The van der Waals surface area contributed by atoms with Crippen LogP contribution in [0, 0.1) is 17.0 Å². The predicted molar refractivity (Wildman–Crippen MR) is 68.0 cm³/mol. The van der Waals surface area contributed by atoms with E-state index in [1.807, 2.05) is 6.07 Å². The van der Waals surface area contributed by atoms with E-state index in [1.54, 1.807) is 25.1 Å². The van der Waals surface area contributed by atoms with Crippen LogP contribution in [0.5, 0.6) is 0 Å². The first-order chi connectivity index (χ1) is 7.49. The van der Waals surface area contributed by atoms with E-state index in [9.17, 15) is 10.1 Å². The Bertz CT molecular complexity index is 598. The average Bonchev–Trinajstić information content (AvgIpc) is 2.19. The van der Waals surface area contributed by atoms with E-state index in [0.717, 1.165) is 15.2 Å². The molecule has 2 aromatic carbocycles. The second-order valence-corrected chi connectivity index (χ2v) is 4.77. The standard InChI is InChI=1S/C11H7BrClNO2/c1-6-2-7-3-9(12)10(13)4-8(7)5-11(6)14(15)16/h2-5H,1H3. The SMILES string of the molecule is Cc1cc2cc(Br)c(Cl)cc2cc1[N+](=O)[O-]. The van der Waals surface area contributed by atoms with Gasteiger partial charge in [0.15, 0.2) is 0 Å². The highest BCUT2D eigenvalue weighted by molar-refractivity contribution is 9.10. The van der Waals surface area contributed by atoms with Gasteiger partial charge in [0.1, 0.15) is 0 Å². The molecule has 0 aliphatic carbocycles. The number of halogens is 2. The van der Waals surface area contributed by atoms with Gasteiger partial charge in [0.25, 0.3) is 5.69 Å². The lowest BCUT2D eigenvalue weighted by Crippen LogP contribution is -1.91. The lowest BCUT2D eigenvalue weighted by Gasteiger charge is -2.03. The van der Waals surface area contributed by atoms with Crippen molar-refractivity contribution >= 4 is 44.0 Å². The summed E-state index contributed by atoms with van der Waals surface area (Å²) in [4.78, 5) is 10.4. The highest BCUT2D eigenvalue weighted by Gasteiger charge is 2.12. The van der Waals surface area contributed by atoms with Crippen molar-refractivity contribution in [1.29, 1.82) is 0 Å². The van der Waals surface area contributed by atoms with Gasteiger partial charge in [-0.1, -0.05) is 11.6 Å². The fourth-order valence-electron chi connectivity index (χ4n) is 1.59. The monoisotopic (exact) mass is 299 g/mol. The van der Waals surface area contributed by atoms with E-state index >= 15 is 0 Å². The summed E-state index contributed by atoms with van der Waals surface area (Å²) in [6.45, 7) is 1.72. The van der Waals surface area contributed by atoms with Crippen LogP contribution in [0.3, 0.4) is 0 Å². The third-order valence-electron chi connectivity index (χ3n) is 2.39. The number of nitro groups is 1. The van der Waals surface area contributed by atoms with E-state index in [1.165, 1.54) is 0 Å². The summed E-state index contributed by atoms with van der Waals surface area (Å²) in [7, 11) is 0. The number of aryl methyl sites for hydroxylation is 1. The molecule has 0 aromatic heterocycles. The second kappa shape index (κ2) is 4.03. The summed E-state index contributed by atoms with van der Waals surface area (Å²) in [6.07, 6.45) is 0. The Morgan fingerprint density at radius 3 is 2.50 bits per heavy atom. The van der Waals surface area contributed by atoms with Crippen LogP contribution >= 0.6 is 27.5 Å². The van der Waals surface area contributed by atoms with Crippen molar-refractivity contribution < 1.29 is 4.92 Å². The number of benzene rings is 2. The first-order valence-corrected chi connectivity index (χ1v) is 5.70. The summed E-state index contributed by atoms with van der Waals surface area (Å²) in [5, 5.41) is 13.0. The van der Waals surface area contributed by atoms with Gasteiger partial charge in [0.2, 0.25) is 0 Å². The van der Waals surface area contributed by atoms with Gasteiger partial charge in [0, 0.05) is 16.1 Å². The van der Waals surface area contributed by atoms with Gasteiger partial charge in [-0.25, -0.2) is 0 Å². The summed E-state index contributed by atoms with van der Waals surface area (Å²) in [6, 6.07) is 6.90. The Labute approximate surface area is 105 Å². The minimum atomic E-state index is -0.384. The number of hydrogen-bond acceptors (Lipinski definition) is 2. The zero-order chi connectivity index (χ0) is 11.9. The maximum atomic E-state index is 10.8. The summed E-state index contributed by atoms with van der Waals surface area (Å²) in [5.74, 6) is 0. The normalized spacial score (nSPS) is 10.7. The van der Waals surface area contributed by atoms with E-state index in [-0.39, 0.29) is 10.6 Å². The molecule has 5 heteroatoms. The van der Waals surface area contributed by atoms with Crippen LogP contribution < -0.4 is 0 Å². The molecule has 0 spiro atoms. The van der Waals surface area contributed by atoms with Crippen LogP contribution in [0.1, 0.15) is 5.56 Å². The van der Waals surface area contributed by atoms with E-state index in [4.69, 9.17) is 11.6 Å². The highest BCUT2D eigenvalue weighted by Crippen LogP contribution is 2.31. The number of nitrogens with zero attached hydrogens (tertiary/aromatic N) is 1. The van der Waals surface area contributed by atoms with Crippen LogP contribution in [-0.2, 0) is 0 Å². The molecule has 0 atom stereocenters. The summed E-state index contributed by atoms with van der Waals surface area (Å²) >= 11 is 9.27. The van der Waals surface area contributed by atoms with E-state index in [0.29, 0.717) is 10.6 Å². The molecule has 3 nitrogen and oxygen atoms in total. The predicted octanol–water partition coefficient (Wildman–Crippen LogP) is 4.47. The number of rotatable bonds is 1. The molecule has 0 unspecified atom stereocenters. The Kier molecular flexibility index (Phi) is 2.86. The summed E-state index contributed by atoms with van der Waals surface area (Å²) in [5.41, 5.74) is 0.762. The van der Waals surface area contributed by atoms with Crippen molar-refractivity contribution in [1.82, 2.24) is 0 Å². The molecule has 0 saturated carbocycles. The maximum absolute atomic E-state index is 10.8. The maximum Gasteiger partial charge on any atom is 0.272 e. The van der Waals surface area contributed by atoms with Gasteiger partial charge in [-0.3, -0.25) is 10.1 Å². The average molecular weight is 301 g/mol. The Morgan fingerprint density at radius 1 is 1.25 bits per heavy atom. The van der Waals surface area contributed by atoms with Crippen LogP contribution in [0.4, 0.5) is 5.69 Å². The molecule has 0 bridgehead atoms. The third-order valence-corrected chi connectivity index (χ3v) is 3.59. The smallest absolute Gasteiger partial charge is 0.258 e. The summed E-state index contributed by atoms with van der Waals surface area (Å²) < 4.78 is 0.787. The van der Waals surface area contributed by atoms with Crippen LogP contribution in [0.25, 0.3) is 10.8 Å². The van der Waals surface area contributed by atoms with Crippen LogP contribution in [-0.4, -0.2) is 4.92 Å². The fourth-order valence-corrected chi connectivity index (χ4v) is 2.13.